The van der Waals surface area contributed by atoms with Crippen molar-refractivity contribution in [2.45, 2.75) is 26.8 Å². The van der Waals surface area contributed by atoms with Crippen LogP contribution in [0.15, 0.2) is 79.0 Å². The third kappa shape index (κ3) is 4.50. The molecular formula is C32H28N4O5S. The van der Waals surface area contributed by atoms with E-state index >= 15 is 0 Å². The number of amides is 1. The van der Waals surface area contributed by atoms with Gasteiger partial charge in [0.2, 0.25) is 0 Å². The Kier molecular flexibility index (Phi) is 6.99. The van der Waals surface area contributed by atoms with Crippen LogP contribution >= 0.6 is 11.3 Å². The van der Waals surface area contributed by atoms with E-state index in [0.29, 0.717) is 52.3 Å². The standard InChI is InChI=1S/C32H28N4O5S/c1-5-16-41-21-11-9-20(10-12-21)27-25(28(37)26-19(4)35-15-7-8-18(3)30(35)34-26)29(38)31(39)36(27)32-33-23-14-13-22(40-6-2)17-24(23)42-32/h5,7-15,17,27,37H,1,6,16H2,2-4H3/b28-25+. The maximum absolute atomic E-state index is 13.7. The van der Waals surface area contributed by atoms with Crippen molar-refractivity contribution < 1.29 is 24.2 Å². The summed E-state index contributed by atoms with van der Waals surface area (Å²) in [6.07, 6.45) is 3.49. The van der Waals surface area contributed by atoms with Gasteiger partial charge in [0.15, 0.2) is 10.9 Å². The van der Waals surface area contributed by atoms with Crippen molar-refractivity contribution in [2.24, 2.45) is 0 Å². The Morgan fingerprint density at radius 1 is 1.07 bits per heavy atom. The fourth-order valence-electron chi connectivity index (χ4n) is 5.17. The summed E-state index contributed by atoms with van der Waals surface area (Å²) >= 11 is 1.27. The zero-order valence-electron chi connectivity index (χ0n) is 23.3. The Bertz CT molecular complexity index is 1900. The lowest BCUT2D eigenvalue weighted by Gasteiger charge is -2.23. The van der Waals surface area contributed by atoms with E-state index in [1.165, 1.54) is 16.2 Å². The first-order valence-corrected chi connectivity index (χ1v) is 14.3. The zero-order valence-corrected chi connectivity index (χ0v) is 24.1. The minimum Gasteiger partial charge on any atom is -0.505 e. The second-order valence-corrected chi connectivity index (χ2v) is 10.8. The van der Waals surface area contributed by atoms with E-state index in [9.17, 15) is 14.7 Å². The predicted molar refractivity (Wildman–Crippen MR) is 162 cm³/mol. The second kappa shape index (κ2) is 10.8. The molecule has 1 saturated heterocycles. The molecule has 0 aliphatic carbocycles. The number of thiazole rings is 1. The molecule has 5 aromatic rings. The number of benzene rings is 2. The molecule has 1 aliphatic heterocycles. The van der Waals surface area contributed by atoms with Crippen molar-refractivity contribution in [3.05, 3.63) is 102 Å². The van der Waals surface area contributed by atoms with Crippen molar-refractivity contribution in [1.29, 1.82) is 0 Å². The van der Waals surface area contributed by atoms with Gasteiger partial charge in [-0.3, -0.25) is 14.5 Å². The van der Waals surface area contributed by atoms with Crippen molar-refractivity contribution >= 4 is 49.8 Å². The van der Waals surface area contributed by atoms with Gasteiger partial charge in [0, 0.05) is 6.20 Å². The van der Waals surface area contributed by atoms with Crippen molar-refractivity contribution in [1.82, 2.24) is 14.4 Å². The molecule has 1 aliphatic rings. The van der Waals surface area contributed by atoms with Crippen LogP contribution in [0.4, 0.5) is 5.13 Å². The Morgan fingerprint density at radius 2 is 1.83 bits per heavy atom. The van der Waals surface area contributed by atoms with Crippen LogP contribution in [-0.2, 0) is 9.59 Å². The smallest absolute Gasteiger partial charge is 0.301 e. The molecule has 1 N–H and O–H groups in total. The van der Waals surface area contributed by atoms with Gasteiger partial charge in [-0.25, -0.2) is 9.97 Å². The number of ether oxygens (including phenoxy) is 2. The number of aliphatic hydroxyl groups is 1. The quantitative estimate of drug-likeness (QED) is 0.102. The summed E-state index contributed by atoms with van der Waals surface area (Å²) in [7, 11) is 0. The Labute approximate surface area is 246 Å². The van der Waals surface area contributed by atoms with Gasteiger partial charge >= 0.3 is 5.91 Å². The summed E-state index contributed by atoms with van der Waals surface area (Å²) in [4.78, 5) is 38.2. The zero-order chi connectivity index (χ0) is 29.5. The number of ketones is 1. The third-order valence-corrected chi connectivity index (χ3v) is 8.20. The number of anilines is 1. The summed E-state index contributed by atoms with van der Waals surface area (Å²) in [6.45, 7) is 10.2. The van der Waals surface area contributed by atoms with Crippen LogP contribution in [0.2, 0.25) is 0 Å². The second-order valence-electron chi connectivity index (χ2n) is 9.83. The molecule has 0 spiro atoms. The number of nitrogens with zero attached hydrogens (tertiary/aromatic N) is 4. The molecule has 1 amide bonds. The molecule has 1 atom stereocenters. The maximum atomic E-state index is 13.7. The lowest BCUT2D eigenvalue weighted by Crippen LogP contribution is -2.29. The van der Waals surface area contributed by atoms with Gasteiger partial charge in [0.1, 0.15) is 29.4 Å². The van der Waals surface area contributed by atoms with Crippen LogP contribution in [0, 0.1) is 13.8 Å². The first kappa shape index (κ1) is 27.2. The largest absolute Gasteiger partial charge is 0.505 e. The number of carbonyl (C=O) groups excluding carboxylic acids is 2. The lowest BCUT2D eigenvalue weighted by atomic mass is 9.96. The molecule has 1 fully saturated rings. The van der Waals surface area contributed by atoms with Gasteiger partial charge in [0.25, 0.3) is 5.78 Å². The van der Waals surface area contributed by atoms with E-state index in [1.54, 1.807) is 30.3 Å². The van der Waals surface area contributed by atoms with E-state index in [0.717, 1.165) is 10.3 Å². The van der Waals surface area contributed by atoms with E-state index in [2.05, 4.69) is 11.6 Å². The molecule has 9 nitrogen and oxygen atoms in total. The highest BCUT2D eigenvalue weighted by atomic mass is 32.1. The average Bonchev–Trinajstić information content (AvgIpc) is 3.64. The van der Waals surface area contributed by atoms with Crippen molar-refractivity contribution in [3.63, 3.8) is 0 Å². The van der Waals surface area contributed by atoms with Crippen LogP contribution in [0.3, 0.4) is 0 Å². The number of aryl methyl sites for hydroxylation is 2. The normalized spacial score (nSPS) is 16.5. The lowest BCUT2D eigenvalue weighted by molar-refractivity contribution is -0.132. The van der Waals surface area contributed by atoms with Crippen molar-refractivity contribution in [3.8, 4) is 11.5 Å². The summed E-state index contributed by atoms with van der Waals surface area (Å²) < 4.78 is 13.9. The summed E-state index contributed by atoms with van der Waals surface area (Å²) in [5, 5.41) is 12.1. The van der Waals surface area contributed by atoms with Crippen LogP contribution in [-0.4, -0.2) is 44.4 Å². The molecule has 0 radical (unpaired) electrons. The van der Waals surface area contributed by atoms with Gasteiger partial charge in [-0.05, 0) is 68.3 Å². The number of rotatable bonds is 8. The Balaban J connectivity index is 1.53. The molecule has 4 heterocycles. The fraction of sp³-hybridized carbons (Fsp3) is 0.188. The van der Waals surface area contributed by atoms with Crippen LogP contribution in [0.1, 0.15) is 35.5 Å². The van der Waals surface area contributed by atoms with Crippen LogP contribution < -0.4 is 14.4 Å². The topological polar surface area (TPSA) is 106 Å². The molecule has 0 saturated carbocycles. The Morgan fingerprint density at radius 3 is 2.55 bits per heavy atom. The minimum atomic E-state index is -0.948. The monoisotopic (exact) mass is 580 g/mol. The van der Waals surface area contributed by atoms with E-state index in [-0.39, 0.29) is 17.0 Å². The van der Waals surface area contributed by atoms with Gasteiger partial charge in [-0.2, -0.15) is 0 Å². The van der Waals surface area contributed by atoms with E-state index in [4.69, 9.17) is 14.5 Å². The summed E-state index contributed by atoms with van der Waals surface area (Å²) in [6, 6.07) is 15.4. The van der Waals surface area contributed by atoms with E-state index < -0.39 is 17.7 Å². The number of fused-ring (bicyclic) bond motifs is 2. The first-order valence-electron chi connectivity index (χ1n) is 13.4. The third-order valence-electron chi connectivity index (χ3n) is 7.18. The number of carbonyl (C=O) groups is 2. The molecule has 212 valence electrons. The summed E-state index contributed by atoms with van der Waals surface area (Å²) in [5.41, 5.74) is 3.66. The van der Waals surface area contributed by atoms with Gasteiger partial charge < -0.3 is 19.0 Å². The summed E-state index contributed by atoms with van der Waals surface area (Å²) in [5.74, 6) is -0.646. The number of imidazole rings is 1. The number of hydrogen-bond acceptors (Lipinski definition) is 8. The molecule has 0 bridgehead atoms. The fourth-order valence-corrected chi connectivity index (χ4v) is 6.19. The molecule has 42 heavy (non-hydrogen) atoms. The molecule has 3 aromatic heterocycles. The number of pyridine rings is 1. The number of aliphatic hydroxyl groups excluding tert-OH is 1. The predicted octanol–water partition coefficient (Wildman–Crippen LogP) is 6.15. The van der Waals surface area contributed by atoms with E-state index in [1.807, 2.05) is 61.7 Å². The highest BCUT2D eigenvalue weighted by Gasteiger charge is 2.48. The van der Waals surface area contributed by atoms with Crippen LogP contribution in [0.25, 0.3) is 21.6 Å². The minimum absolute atomic E-state index is 0.0572. The molecular weight excluding hydrogens is 552 g/mol. The van der Waals surface area contributed by atoms with Gasteiger partial charge in [-0.1, -0.05) is 42.2 Å². The SMILES string of the molecule is C=CCOc1ccc(C2/C(=C(\O)c3nc4c(C)cccn4c3C)C(=O)C(=O)N2c2nc3ccc(OCC)cc3s2)cc1. The van der Waals surface area contributed by atoms with Gasteiger partial charge in [-0.15, -0.1) is 0 Å². The van der Waals surface area contributed by atoms with Crippen LogP contribution in [0.5, 0.6) is 11.5 Å². The molecule has 6 rings (SSSR count). The molecule has 2 aromatic carbocycles. The maximum Gasteiger partial charge on any atom is 0.301 e. The highest BCUT2D eigenvalue weighted by molar-refractivity contribution is 7.22. The van der Waals surface area contributed by atoms with Gasteiger partial charge in [0.05, 0.1) is 34.1 Å². The van der Waals surface area contributed by atoms with Crippen molar-refractivity contribution in [2.75, 3.05) is 18.1 Å². The first-order chi connectivity index (χ1) is 20.3. The molecule has 1 unspecified atom stereocenters. The number of hydrogen-bond donors (Lipinski definition) is 1. The average molecular weight is 581 g/mol. The number of Topliss-reactive ketones (excluding diaryl/α,β-unsaturated/α-hetero) is 1. The molecule has 10 heteroatoms. The Hall–Kier alpha value is -4.96. The highest BCUT2D eigenvalue weighted by Crippen LogP contribution is 2.45. The number of aromatic nitrogens is 3.